The molecule has 1 fully saturated rings. The average Bonchev–Trinajstić information content (AvgIpc) is 2.76. The molecule has 1 aromatic rings. The SMILES string of the molecule is CCC1CCCN(S(=O)(=O)c2csc(CCl)c2)CC1. The van der Waals surface area contributed by atoms with Gasteiger partial charge in [-0.1, -0.05) is 13.3 Å². The molecule has 0 radical (unpaired) electrons. The Balaban J connectivity index is 2.15. The molecule has 0 spiro atoms. The maximum atomic E-state index is 12.6. The highest BCUT2D eigenvalue weighted by Gasteiger charge is 2.27. The normalized spacial score (nSPS) is 22.3. The summed E-state index contributed by atoms with van der Waals surface area (Å²) in [7, 11) is -3.32. The van der Waals surface area contributed by atoms with E-state index in [0.29, 0.717) is 29.8 Å². The van der Waals surface area contributed by atoms with Crippen LogP contribution in [0.3, 0.4) is 0 Å². The van der Waals surface area contributed by atoms with Gasteiger partial charge < -0.3 is 0 Å². The molecule has 0 aliphatic carbocycles. The molecular weight excluding hydrogens is 302 g/mol. The zero-order chi connectivity index (χ0) is 13.9. The molecule has 0 saturated carbocycles. The van der Waals surface area contributed by atoms with E-state index in [1.165, 1.54) is 11.3 Å². The minimum atomic E-state index is -3.32. The van der Waals surface area contributed by atoms with Crippen molar-refractivity contribution in [1.82, 2.24) is 4.31 Å². The van der Waals surface area contributed by atoms with Crippen molar-refractivity contribution in [3.8, 4) is 0 Å². The predicted molar refractivity (Wildman–Crippen MR) is 80.3 cm³/mol. The molecule has 19 heavy (non-hydrogen) atoms. The third-order valence-electron chi connectivity index (χ3n) is 3.78. The first-order valence-electron chi connectivity index (χ1n) is 6.71. The van der Waals surface area contributed by atoms with Crippen LogP contribution in [0, 0.1) is 5.92 Å². The van der Waals surface area contributed by atoms with Crippen LogP contribution in [0.25, 0.3) is 0 Å². The topological polar surface area (TPSA) is 37.4 Å². The number of rotatable bonds is 4. The predicted octanol–water partition coefficient (Wildman–Crippen LogP) is 3.69. The van der Waals surface area contributed by atoms with Crippen LogP contribution in [0.1, 0.15) is 37.5 Å². The average molecular weight is 322 g/mol. The second-order valence-corrected chi connectivity index (χ2v) is 8.19. The molecule has 3 nitrogen and oxygen atoms in total. The number of alkyl halides is 1. The Morgan fingerprint density at radius 1 is 1.42 bits per heavy atom. The maximum absolute atomic E-state index is 12.6. The second-order valence-electron chi connectivity index (χ2n) is 4.99. The summed E-state index contributed by atoms with van der Waals surface area (Å²) in [6.07, 6.45) is 4.22. The van der Waals surface area contributed by atoms with Crippen molar-refractivity contribution in [2.75, 3.05) is 13.1 Å². The first kappa shape index (κ1) is 15.3. The molecule has 0 amide bonds. The Kier molecular flexibility index (Phi) is 5.29. The first-order chi connectivity index (χ1) is 9.07. The minimum Gasteiger partial charge on any atom is -0.207 e. The lowest BCUT2D eigenvalue weighted by Gasteiger charge is -2.19. The lowest BCUT2D eigenvalue weighted by molar-refractivity contribution is 0.407. The van der Waals surface area contributed by atoms with E-state index in [1.54, 1.807) is 15.8 Å². The van der Waals surface area contributed by atoms with Crippen molar-refractivity contribution < 1.29 is 8.42 Å². The van der Waals surface area contributed by atoms with Crippen molar-refractivity contribution in [3.63, 3.8) is 0 Å². The quantitative estimate of drug-likeness (QED) is 0.793. The largest absolute Gasteiger partial charge is 0.243 e. The summed E-state index contributed by atoms with van der Waals surface area (Å²) in [6.45, 7) is 3.47. The summed E-state index contributed by atoms with van der Waals surface area (Å²) in [5, 5.41) is 1.70. The van der Waals surface area contributed by atoms with Crippen LogP contribution in [0.2, 0.25) is 0 Å². The summed E-state index contributed by atoms with van der Waals surface area (Å²) in [4.78, 5) is 1.31. The molecule has 0 N–H and O–H groups in total. The molecule has 1 atom stereocenters. The van der Waals surface area contributed by atoms with E-state index in [9.17, 15) is 8.42 Å². The monoisotopic (exact) mass is 321 g/mol. The van der Waals surface area contributed by atoms with Crippen molar-refractivity contribution in [2.24, 2.45) is 5.92 Å². The third kappa shape index (κ3) is 3.51. The Bertz CT molecular complexity index is 512. The first-order valence-corrected chi connectivity index (χ1v) is 9.57. The fourth-order valence-corrected chi connectivity index (χ4v) is 5.37. The Labute approximate surface area is 124 Å². The van der Waals surface area contributed by atoms with Gasteiger partial charge in [-0.2, -0.15) is 4.31 Å². The van der Waals surface area contributed by atoms with Gasteiger partial charge in [-0.3, -0.25) is 0 Å². The number of sulfonamides is 1. The van der Waals surface area contributed by atoms with Crippen LogP contribution in [0.15, 0.2) is 16.3 Å². The number of hydrogen-bond acceptors (Lipinski definition) is 3. The van der Waals surface area contributed by atoms with Gasteiger partial charge in [-0.25, -0.2) is 8.42 Å². The van der Waals surface area contributed by atoms with E-state index >= 15 is 0 Å². The van der Waals surface area contributed by atoms with Crippen LogP contribution >= 0.6 is 22.9 Å². The zero-order valence-electron chi connectivity index (χ0n) is 11.1. The highest BCUT2D eigenvalue weighted by atomic mass is 35.5. The van der Waals surface area contributed by atoms with Gasteiger partial charge in [0.1, 0.15) is 0 Å². The summed E-state index contributed by atoms with van der Waals surface area (Å²) in [6, 6.07) is 1.70. The second kappa shape index (κ2) is 6.57. The summed E-state index contributed by atoms with van der Waals surface area (Å²) < 4.78 is 26.7. The minimum absolute atomic E-state index is 0.373. The number of nitrogens with zero attached hydrogens (tertiary/aromatic N) is 1. The van der Waals surface area contributed by atoms with Crippen LogP contribution in [0.4, 0.5) is 0 Å². The Hall–Kier alpha value is -0.100. The molecule has 0 bridgehead atoms. The van der Waals surface area contributed by atoms with Gasteiger partial charge in [0.05, 0.1) is 10.8 Å². The third-order valence-corrected chi connectivity index (χ3v) is 7.19. The molecule has 1 aromatic heterocycles. The van der Waals surface area contributed by atoms with E-state index in [0.717, 1.165) is 30.6 Å². The van der Waals surface area contributed by atoms with Crippen LogP contribution in [-0.2, 0) is 15.9 Å². The number of halogens is 1. The van der Waals surface area contributed by atoms with Gasteiger partial charge >= 0.3 is 0 Å². The van der Waals surface area contributed by atoms with E-state index in [4.69, 9.17) is 11.6 Å². The smallest absolute Gasteiger partial charge is 0.207 e. The molecule has 1 aliphatic rings. The zero-order valence-corrected chi connectivity index (χ0v) is 13.5. The molecule has 6 heteroatoms. The highest BCUT2D eigenvalue weighted by molar-refractivity contribution is 7.89. The van der Waals surface area contributed by atoms with Crippen LogP contribution in [0.5, 0.6) is 0 Å². The molecule has 108 valence electrons. The molecule has 2 rings (SSSR count). The maximum Gasteiger partial charge on any atom is 0.243 e. The van der Waals surface area contributed by atoms with Crippen molar-refractivity contribution in [1.29, 1.82) is 0 Å². The summed E-state index contributed by atoms with van der Waals surface area (Å²) in [5.74, 6) is 1.04. The molecule has 2 heterocycles. The van der Waals surface area contributed by atoms with Gasteiger partial charge in [-0.05, 0) is 31.2 Å². The van der Waals surface area contributed by atoms with E-state index in [1.807, 2.05) is 0 Å². The standard InChI is InChI=1S/C13H20ClNO2S2/c1-2-11-4-3-6-15(7-5-11)19(16,17)13-8-12(9-14)18-10-13/h8,10-11H,2-7,9H2,1H3. The van der Waals surface area contributed by atoms with Gasteiger partial charge in [0.2, 0.25) is 10.0 Å². The van der Waals surface area contributed by atoms with Crippen molar-refractivity contribution in [3.05, 3.63) is 16.3 Å². The lowest BCUT2D eigenvalue weighted by atomic mass is 9.98. The summed E-state index contributed by atoms with van der Waals surface area (Å²) in [5.41, 5.74) is 0. The Morgan fingerprint density at radius 3 is 2.84 bits per heavy atom. The molecule has 1 saturated heterocycles. The Morgan fingerprint density at radius 2 is 2.21 bits per heavy atom. The fraction of sp³-hybridized carbons (Fsp3) is 0.692. The van der Waals surface area contributed by atoms with Crippen LogP contribution < -0.4 is 0 Å². The van der Waals surface area contributed by atoms with E-state index in [-0.39, 0.29) is 0 Å². The molecule has 1 aliphatic heterocycles. The van der Waals surface area contributed by atoms with Crippen LogP contribution in [-0.4, -0.2) is 25.8 Å². The van der Waals surface area contributed by atoms with Crippen molar-refractivity contribution >= 4 is 33.0 Å². The van der Waals surface area contributed by atoms with Gasteiger partial charge in [-0.15, -0.1) is 22.9 Å². The van der Waals surface area contributed by atoms with Gasteiger partial charge in [0, 0.05) is 23.3 Å². The molecular formula is C13H20ClNO2S2. The number of hydrogen-bond donors (Lipinski definition) is 0. The number of thiophene rings is 1. The molecule has 0 aromatic carbocycles. The molecule has 1 unspecified atom stereocenters. The van der Waals surface area contributed by atoms with E-state index < -0.39 is 10.0 Å². The van der Waals surface area contributed by atoms with Gasteiger partial charge in [0.15, 0.2) is 0 Å². The lowest BCUT2D eigenvalue weighted by Crippen LogP contribution is -2.31. The van der Waals surface area contributed by atoms with Gasteiger partial charge in [0.25, 0.3) is 0 Å². The fourth-order valence-electron chi connectivity index (χ4n) is 2.50. The highest BCUT2D eigenvalue weighted by Crippen LogP contribution is 2.27. The van der Waals surface area contributed by atoms with Crippen molar-refractivity contribution in [2.45, 2.75) is 43.4 Å². The summed E-state index contributed by atoms with van der Waals surface area (Å²) >= 11 is 7.16. The van der Waals surface area contributed by atoms with E-state index in [2.05, 4.69) is 6.92 Å².